The summed E-state index contributed by atoms with van der Waals surface area (Å²) >= 11 is 0. The first-order valence-corrected chi connectivity index (χ1v) is 5.66. The quantitative estimate of drug-likeness (QED) is 0.802. The van der Waals surface area contributed by atoms with Crippen molar-refractivity contribution in [3.05, 3.63) is 23.4 Å². The van der Waals surface area contributed by atoms with E-state index in [2.05, 4.69) is 4.98 Å². The van der Waals surface area contributed by atoms with Crippen molar-refractivity contribution in [3.63, 3.8) is 0 Å². The number of aliphatic hydroxyl groups is 2. The summed E-state index contributed by atoms with van der Waals surface area (Å²) < 4.78 is 63.3. The molecule has 1 saturated heterocycles. The van der Waals surface area contributed by atoms with Crippen LogP contribution in [0.5, 0.6) is 0 Å². The molecule has 2 heterocycles. The van der Waals surface area contributed by atoms with Crippen LogP contribution in [0.1, 0.15) is 17.7 Å². The van der Waals surface area contributed by atoms with E-state index in [0.29, 0.717) is 11.0 Å². The van der Waals surface area contributed by atoms with E-state index in [4.69, 9.17) is 0 Å². The number of halogens is 5. The second kappa shape index (κ2) is 5.19. The molecule has 2 atom stereocenters. The monoisotopic (exact) mass is 312 g/mol. The molecule has 10 heteroatoms. The van der Waals surface area contributed by atoms with Crippen LogP contribution in [0.2, 0.25) is 0 Å². The number of hydrogen-bond donors (Lipinski definition) is 2. The zero-order valence-electron chi connectivity index (χ0n) is 10.2. The summed E-state index contributed by atoms with van der Waals surface area (Å²) in [5, 5.41) is 18.6. The van der Waals surface area contributed by atoms with Crippen molar-refractivity contribution >= 4 is 11.7 Å². The number of anilines is 1. The first-order chi connectivity index (χ1) is 9.61. The molecule has 2 rings (SSSR count). The zero-order chi connectivity index (χ0) is 15.9. The summed E-state index contributed by atoms with van der Waals surface area (Å²) in [4.78, 5) is 15.4. The standard InChI is InChI=1S/C11H9F5N2O3/c12-9(13)5-1-4(11(14,15)16)2-7(17-5)18-3-6(19)8(20)10(18)21/h1-2,6,8-9,19-20H,3H2. The SMILES string of the molecule is O=C1C(O)C(O)CN1c1cc(C(F)(F)F)cc(C(F)F)n1. The lowest BCUT2D eigenvalue weighted by Gasteiger charge is -2.18. The maximum atomic E-state index is 12.7. The number of alkyl halides is 5. The Labute approximate surface area is 114 Å². The van der Waals surface area contributed by atoms with Crippen molar-refractivity contribution in [1.82, 2.24) is 4.98 Å². The molecule has 21 heavy (non-hydrogen) atoms. The predicted octanol–water partition coefficient (Wildman–Crippen LogP) is 1.11. The molecule has 0 radical (unpaired) electrons. The Hall–Kier alpha value is -1.81. The van der Waals surface area contributed by atoms with Gasteiger partial charge in [0.15, 0.2) is 6.10 Å². The summed E-state index contributed by atoms with van der Waals surface area (Å²) in [7, 11) is 0. The third-order valence-corrected chi connectivity index (χ3v) is 2.91. The number of β-amino-alcohol motifs (C(OH)–C–C–N with tert-alkyl or cyclic N) is 1. The van der Waals surface area contributed by atoms with Gasteiger partial charge in [-0.3, -0.25) is 9.69 Å². The molecule has 1 aliphatic heterocycles. The van der Waals surface area contributed by atoms with Gasteiger partial charge in [0, 0.05) is 0 Å². The minimum atomic E-state index is -4.90. The average molecular weight is 312 g/mol. The molecule has 1 aromatic heterocycles. The Morgan fingerprint density at radius 2 is 1.90 bits per heavy atom. The van der Waals surface area contributed by atoms with Gasteiger partial charge in [0.1, 0.15) is 17.6 Å². The lowest BCUT2D eigenvalue weighted by atomic mass is 10.2. The van der Waals surface area contributed by atoms with Gasteiger partial charge < -0.3 is 10.2 Å². The maximum Gasteiger partial charge on any atom is 0.416 e. The van der Waals surface area contributed by atoms with Crippen LogP contribution in [0.4, 0.5) is 27.8 Å². The molecule has 1 aliphatic rings. The van der Waals surface area contributed by atoms with Gasteiger partial charge in [-0.1, -0.05) is 0 Å². The topological polar surface area (TPSA) is 73.7 Å². The first-order valence-electron chi connectivity index (χ1n) is 5.66. The fraction of sp³-hybridized carbons (Fsp3) is 0.455. The molecule has 1 amide bonds. The summed E-state index contributed by atoms with van der Waals surface area (Å²) in [5.41, 5.74) is -2.55. The number of aromatic nitrogens is 1. The van der Waals surface area contributed by atoms with Crippen LogP contribution in [-0.2, 0) is 11.0 Å². The molecule has 0 saturated carbocycles. The molecular weight excluding hydrogens is 303 g/mol. The largest absolute Gasteiger partial charge is 0.416 e. The van der Waals surface area contributed by atoms with E-state index in [9.17, 15) is 37.0 Å². The van der Waals surface area contributed by atoms with E-state index in [1.807, 2.05) is 0 Å². The molecule has 0 bridgehead atoms. The summed E-state index contributed by atoms with van der Waals surface area (Å²) in [6.45, 7) is -0.531. The lowest BCUT2D eigenvalue weighted by Crippen LogP contribution is -2.30. The van der Waals surface area contributed by atoms with Gasteiger partial charge in [-0.15, -0.1) is 0 Å². The molecule has 2 N–H and O–H groups in total. The Kier molecular flexibility index (Phi) is 3.85. The number of rotatable bonds is 2. The Morgan fingerprint density at radius 1 is 1.29 bits per heavy atom. The van der Waals surface area contributed by atoms with Crippen molar-refractivity contribution in [2.24, 2.45) is 0 Å². The van der Waals surface area contributed by atoms with Gasteiger partial charge >= 0.3 is 6.18 Å². The third-order valence-electron chi connectivity index (χ3n) is 2.91. The average Bonchev–Trinajstić information content (AvgIpc) is 2.65. The van der Waals surface area contributed by atoms with E-state index < -0.39 is 54.3 Å². The summed E-state index contributed by atoms with van der Waals surface area (Å²) in [6, 6.07) is 0.593. The molecule has 0 spiro atoms. The van der Waals surface area contributed by atoms with Crippen molar-refractivity contribution in [2.75, 3.05) is 11.4 Å². The van der Waals surface area contributed by atoms with Crippen LogP contribution in [0.25, 0.3) is 0 Å². The fourth-order valence-electron chi connectivity index (χ4n) is 1.86. The highest BCUT2D eigenvalue weighted by atomic mass is 19.4. The van der Waals surface area contributed by atoms with Crippen molar-refractivity contribution in [3.8, 4) is 0 Å². The van der Waals surface area contributed by atoms with Crippen LogP contribution >= 0.6 is 0 Å². The third kappa shape index (κ3) is 2.95. The Balaban J connectivity index is 2.49. The van der Waals surface area contributed by atoms with Gasteiger partial charge in [-0.2, -0.15) is 13.2 Å². The second-order valence-electron chi connectivity index (χ2n) is 4.40. The number of aliphatic hydroxyl groups excluding tert-OH is 2. The van der Waals surface area contributed by atoms with Crippen LogP contribution in [0, 0.1) is 0 Å². The van der Waals surface area contributed by atoms with Crippen molar-refractivity contribution < 1.29 is 37.0 Å². The molecule has 5 nitrogen and oxygen atoms in total. The highest BCUT2D eigenvalue weighted by Crippen LogP contribution is 2.34. The predicted molar refractivity (Wildman–Crippen MR) is 58.6 cm³/mol. The fourth-order valence-corrected chi connectivity index (χ4v) is 1.86. The van der Waals surface area contributed by atoms with Crippen LogP contribution in [-0.4, -0.2) is 39.9 Å². The van der Waals surface area contributed by atoms with Gasteiger partial charge in [0.05, 0.1) is 12.1 Å². The molecule has 1 fully saturated rings. The Morgan fingerprint density at radius 3 is 2.33 bits per heavy atom. The lowest BCUT2D eigenvalue weighted by molar-refractivity contribution is -0.137. The number of carbonyl (C=O) groups is 1. The van der Waals surface area contributed by atoms with E-state index >= 15 is 0 Å². The smallest absolute Gasteiger partial charge is 0.388 e. The van der Waals surface area contributed by atoms with Gasteiger partial charge in [0.2, 0.25) is 0 Å². The van der Waals surface area contributed by atoms with Gasteiger partial charge in [-0.05, 0) is 12.1 Å². The van der Waals surface area contributed by atoms with Gasteiger partial charge in [0.25, 0.3) is 12.3 Å². The number of carbonyl (C=O) groups excluding carboxylic acids is 1. The zero-order valence-corrected chi connectivity index (χ0v) is 10.2. The number of amides is 1. The maximum absolute atomic E-state index is 12.7. The first kappa shape index (κ1) is 15.6. The Bertz CT molecular complexity index is 563. The summed E-state index contributed by atoms with van der Waals surface area (Å²) in [6.07, 6.45) is -11.5. The molecular formula is C11H9F5N2O3. The number of pyridine rings is 1. The number of hydrogen-bond acceptors (Lipinski definition) is 4. The van der Waals surface area contributed by atoms with E-state index in [0.717, 1.165) is 0 Å². The minimum Gasteiger partial charge on any atom is -0.388 e. The normalized spacial score (nSPS) is 23.2. The molecule has 116 valence electrons. The van der Waals surface area contributed by atoms with Crippen molar-refractivity contribution in [1.29, 1.82) is 0 Å². The molecule has 2 unspecified atom stereocenters. The van der Waals surface area contributed by atoms with E-state index in [1.165, 1.54) is 0 Å². The second-order valence-corrected chi connectivity index (χ2v) is 4.40. The van der Waals surface area contributed by atoms with E-state index in [-0.39, 0.29) is 6.07 Å². The van der Waals surface area contributed by atoms with Crippen LogP contribution in [0.15, 0.2) is 12.1 Å². The van der Waals surface area contributed by atoms with Gasteiger partial charge in [-0.25, -0.2) is 13.8 Å². The van der Waals surface area contributed by atoms with E-state index in [1.54, 1.807) is 0 Å². The number of nitrogens with zero attached hydrogens (tertiary/aromatic N) is 2. The van der Waals surface area contributed by atoms with Crippen LogP contribution < -0.4 is 4.90 Å². The minimum absolute atomic E-state index is 0.182. The molecule has 1 aromatic rings. The highest BCUT2D eigenvalue weighted by molar-refractivity contribution is 5.98. The van der Waals surface area contributed by atoms with Crippen molar-refractivity contribution in [2.45, 2.75) is 24.8 Å². The molecule has 0 aromatic carbocycles. The highest BCUT2D eigenvalue weighted by Gasteiger charge is 2.41. The molecule has 0 aliphatic carbocycles. The summed E-state index contributed by atoms with van der Waals surface area (Å²) in [5.74, 6) is -1.80. The van der Waals surface area contributed by atoms with Crippen LogP contribution in [0.3, 0.4) is 0 Å².